The second-order valence-corrected chi connectivity index (χ2v) is 3.99. The molecule has 0 atom stereocenters. The van der Waals surface area contributed by atoms with Gasteiger partial charge in [-0.2, -0.15) is 0 Å². The summed E-state index contributed by atoms with van der Waals surface area (Å²) in [6, 6.07) is -0.472. The zero-order valence-electron chi connectivity index (χ0n) is 9.49. The van der Waals surface area contributed by atoms with Gasteiger partial charge in [-0.25, -0.2) is 10.3 Å². The number of hydrogen-bond donors (Lipinski definition) is 2. The van der Waals surface area contributed by atoms with Gasteiger partial charge in [0.05, 0.1) is 7.11 Å². The number of rotatable bonds is 4. The Bertz CT molecular complexity index is 327. The molecule has 0 aliphatic carbocycles. The van der Waals surface area contributed by atoms with E-state index in [-0.39, 0.29) is 24.8 Å². The topological polar surface area (TPSA) is 87.7 Å². The average molecular weight is 229 g/mol. The van der Waals surface area contributed by atoms with Crippen LogP contribution in [0.15, 0.2) is 0 Å². The number of amides is 4. The number of imide groups is 1. The Balaban J connectivity index is 2.52. The van der Waals surface area contributed by atoms with E-state index in [2.05, 4.69) is 15.6 Å². The van der Waals surface area contributed by atoms with Gasteiger partial charge in [0.1, 0.15) is 5.54 Å². The van der Waals surface area contributed by atoms with Crippen LogP contribution in [-0.4, -0.2) is 41.9 Å². The van der Waals surface area contributed by atoms with Crippen LogP contribution in [0.5, 0.6) is 0 Å². The molecular formula is C9H15N3O4. The molecule has 0 bridgehead atoms. The molecule has 1 fully saturated rings. The highest BCUT2D eigenvalue weighted by Crippen LogP contribution is 2.16. The Morgan fingerprint density at radius 3 is 2.56 bits per heavy atom. The summed E-state index contributed by atoms with van der Waals surface area (Å²) in [6.07, 6.45) is 0.0169. The monoisotopic (exact) mass is 229 g/mol. The molecule has 0 radical (unpaired) electrons. The molecule has 7 heteroatoms. The van der Waals surface area contributed by atoms with Gasteiger partial charge in [0.25, 0.3) is 5.91 Å². The predicted octanol–water partition coefficient (Wildman–Crippen LogP) is -0.615. The molecule has 1 saturated heterocycles. The standard InChI is InChI=1S/C9H15N3O4/c1-9(2)7(14)12(8(15)10-9)5-4-6(13)11-16-3/h4-5H2,1-3H3,(H,10,15)(H,11,13). The van der Waals surface area contributed by atoms with E-state index in [4.69, 9.17) is 0 Å². The quantitative estimate of drug-likeness (QED) is 0.497. The van der Waals surface area contributed by atoms with Crippen molar-refractivity contribution in [2.24, 2.45) is 0 Å². The molecule has 0 saturated carbocycles. The van der Waals surface area contributed by atoms with E-state index in [1.807, 2.05) is 0 Å². The number of carbonyl (C=O) groups excluding carboxylic acids is 3. The van der Waals surface area contributed by atoms with Gasteiger partial charge < -0.3 is 5.32 Å². The molecule has 1 heterocycles. The number of urea groups is 1. The van der Waals surface area contributed by atoms with Crippen LogP contribution in [0.25, 0.3) is 0 Å². The summed E-state index contributed by atoms with van der Waals surface area (Å²) in [5.41, 5.74) is 1.22. The number of carbonyl (C=O) groups is 3. The molecule has 4 amide bonds. The minimum absolute atomic E-state index is 0.0169. The minimum Gasteiger partial charge on any atom is -0.324 e. The Hall–Kier alpha value is -1.63. The van der Waals surface area contributed by atoms with Gasteiger partial charge in [-0.1, -0.05) is 0 Å². The van der Waals surface area contributed by atoms with Crippen molar-refractivity contribution in [2.45, 2.75) is 25.8 Å². The first-order chi connectivity index (χ1) is 7.38. The van der Waals surface area contributed by atoms with Crippen molar-refractivity contribution in [1.82, 2.24) is 15.7 Å². The Kier molecular flexibility index (Phi) is 3.48. The molecule has 1 aliphatic heterocycles. The lowest BCUT2D eigenvalue weighted by Crippen LogP contribution is -2.40. The zero-order chi connectivity index (χ0) is 12.3. The maximum absolute atomic E-state index is 11.7. The van der Waals surface area contributed by atoms with E-state index in [0.29, 0.717) is 0 Å². The van der Waals surface area contributed by atoms with Crippen molar-refractivity contribution < 1.29 is 19.2 Å². The molecule has 0 aromatic carbocycles. The van der Waals surface area contributed by atoms with Crippen LogP contribution in [0, 0.1) is 0 Å². The molecule has 0 aromatic rings. The Morgan fingerprint density at radius 1 is 1.50 bits per heavy atom. The first-order valence-corrected chi connectivity index (χ1v) is 4.84. The van der Waals surface area contributed by atoms with E-state index >= 15 is 0 Å². The molecule has 16 heavy (non-hydrogen) atoms. The number of hydrogen-bond acceptors (Lipinski definition) is 4. The predicted molar refractivity (Wildman–Crippen MR) is 54.1 cm³/mol. The summed E-state index contributed by atoms with van der Waals surface area (Å²) < 4.78 is 0. The van der Waals surface area contributed by atoms with Gasteiger partial charge in [-0.05, 0) is 13.8 Å². The van der Waals surface area contributed by atoms with Gasteiger partial charge in [-0.3, -0.25) is 19.3 Å². The molecular weight excluding hydrogens is 214 g/mol. The first kappa shape index (κ1) is 12.4. The fraction of sp³-hybridized carbons (Fsp3) is 0.667. The molecule has 1 aliphatic rings. The van der Waals surface area contributed by atoms with Gasteiger partial charge in [0, 0.05) is 13.0 Å². The van der Waals surface area contributed by atoms with E-state index in [0.717, 1.165) is 4.90 Å². The maximum Gasteiger partial charge on any atom is 0.325 e. The van der Waals surface area contributed by atoms with Crippen molar-refractivity contribution in [3.8, 4) is 0 Å². The first-order valence-electron chi connectivity index (χ1n) is 4.84. The third-order valence-electron chi connectivity index (χ3n) is 2.22. The van der Waals surface area contributed by atoms with E-state index in [1.165, 1.54) is 7.11 Å². The lowest BCUT2D eigenvalue weighted by molar-refractivity contribution is -0.133. The summed E-state index contributed by atoms with van der Waals surface area (Å²) in [6.45, 7) is 3.27. The number of nitrogens with one attached hydrogen (secondary N) is 2. The van der Waals surface area contributed by atoms with E-state index in [9.17, 15) is 14.4 Å². The highest BCUT2D eigenvalue weighted by molar-refractivity contribution is 6.06. The van der Waals surface area contributed by atoms with E-state index < -0.39 is 11.6 Å². The largest absolute Gasteiger partial charge is 0.325 e. The van der Waals surface area contributed by atoms with Gasteiger partial charge in [0.2, 0.25) is 5.91 Å². The SMILES string of the molecule is CONC(=O)CCN1C(=O)NC(C)(C)C1=O. The van der Waals surface area contributed by atoms with Crippen LogP contribution in [0.3, 0.4) is 0 Å². The molecule has 0 spiro atoms. The summed E-state index contributed by atoms with van der Waals surface area (Å²) in [5, 5.41) is 2.52. The third-order valence-corrected chi connectivity index (χ3v) is 2.22. The number of hydroxylamine groups is 1. The zero-order valence-corrected chi connectivity index (χ0v) is 9.49. The van der Waals surface area contributed by atoms with Gasteiger partial charge in [-0.15, -0.1) is 0 Å². The van der Waals surface area contributed by atoms with Gasteiger partial charge in [0.15, 0.2) is 0 Å². The molecule has 2 N–H and O–H groups in total. The van der Waals surface area contributed by atoms with Crippen LogP contribution < -0.4 is 10.8 Å². The fourth-order valence-corrected chi connectivity index (χ4v) is 1.40. The van der Waals surface area contributed by atoms with Crippen LogP contribution >= 0.6 is 0 Å². The van der Waals surface area contributed by atoms with Crippen molar-refractivity contribution in [3.05, 3.63) is 0 Å². The second-order valence-electron chi connectivity index (χ2n) is 3.99. The van der Waals surface area contributed by atoms with E-state index in [1.54, 1.807) is 13.8 Å². The smallest absolute Gasteiger partial charge is 0.324 e. The van der Waals surface area contributed by atoms with Crippen molar-refractivity contribution in [3.63, 3.8) is 0 Å². The lowest BCUT2D eigenvalue weighted by Gasteiger charge is -2.15. The highest BCUT2D eigenvalue weighted by atomic mass is 16.6. The van der Waals surface area contributed by atoms with Crippen molar-refractivity contribution in [1.29, 1.82) is 0 Å². The Labute approximate surface area is 93.1 Å². The Morgan fingerprint density at radius 2 is 2.12 bits per heavy atom. The molecule has 7 nitrogen and oxygen atoms in total. The van der Waals surface area contributed by atoms with Crippen molar-refractivity contribution in [2.75, 3.05) is 13.7 Å². The molecule has 0 aromatic heterocycles. The average Bonchev–Trinajstić information content (AvgIpc) is 2.35. The van der Waals surface area contributed by atoms with Crippen LogP contribution in [-0.2, 0) is 14.4 Å². The van der Waals surface area contributed by atoms with Crippen LogP contribution in [0.4, 0.5) is 4.79 Å². The lowest BCUT2D eigenvalue weighted by atomic mass is 10.1. The minimum atomic E-state index is -0.894. The van der Waals surface area contributed by atoms with Crippen molar-refractivity contribution >= 4 is 17.8 Å². The normalized spacial score (nSPS) is 18.6. The molecule has 90 valence electrons. The summed E-state index contributed by atoms with van der Waals surface area (Å²) in [5.74, 6) is -0.712. The van der Waals surface area contributed by atoms with Crippen LogP contribution in [0.1, 0.15) is 20.3 Å². The third kappa shape index (κ3) is 2.48. The fourth-order valence-electron chi connectivity index (χ4n) is 1.40. The summed E-state index contributed by atoms with van der Waals surface area (Å²) >= 11 is 0. The maximum atomic E-state index is 11.7. The van der Waals surface area contributed by atoms with Crippen LogP contribution in [0.2, 0.25) is 0 Å². The molecule has 1 rings (SSSR count). The number of nitrogens with zero attached hydrogens (tertiary/aromatic N) is 1. The summed E-state index contributed by atoms with van der Waals surface area (Å²) in [7, 11) is 1.31. The molecule has 0 unspecified atom stereocenters. The second kappa shape index (κ2) is 4.48. The highest BCUT2D eigenvalue weighted by Gasteiger charge is 2.43. The summed E-state index contributed by atoms with van der Waals surface area (Å²) in [4.78, 5) is 39.6. The van der Waals surface area contributed by atoms with Gasteiger partial charge >= 0.3 is 6.03 Å².